The number of fused-ring (bicyclic) bond motifs is 1. The molecule has 1 atom stereocenters. The third-order valence-corrected chi connectivity index (χ3v) is 4.58. The zero-order valence-corrected chi connectivity index (χ0v) is 14.8. The predicted octanol–water partition coefficient (Wildman–Crippen LogP) is 3.91. The van der Waals surface area contributed by atoms with Crippen LogP contribution >= 0.6 is 0 Å². The molecule has 3 aromatic rings. The fourth-order valence-electron chi connectivity index (χ4n) is 3.12. The minimum absolute atomic E-state index is 0.251. The molecule has 1 aliphatic heterocycles. The lowest BCUT2D eigenvalue weighted by Crippen LogP contribution is -2.52. The van der Waals surface area contributed by atoms with Crippen molar-refractivity contribution in [1.29, 1.82) is 0 Å². The molecular formula is C22H19N3O2. The largest absolute Gasteiger partial charge is 0.359 e. The van der Waals surface area contributed by atoms with Crippen molar-refractivity contribution in [2.75, 3.05) is 5.32 Å². The summed E-state index contributed by atoms with van der Waals surface area (Å²) in [4.78, 5) is 25.8. The number of anilines is 1. The Balaban J connectivity index is 1.69. The Bertz CT molecular complexity index is 984. The topological polar surface area (TPSA) is 61.4 Å². The molecule has 4 rings (SSSR count). The summed E-state index contributed by atoms with van der Waals surface area (Å²) in [6.45, 7) is 1.96. The Hall–Kier alpha value is -3.60. The molecule has 134 valence electrons. The molecular weight excluding hydrogens is 338 g/mol. The molecule has 0 saturated heterocycles. The summed E-state index contributed by atoms with van der Waals surface area (Å²) in [6.07, 6.45) is -0.497. The first kappa shape index (κ1) is 16.8. The van der Waals surface area contributed by atoms with Gasteiger partial charge in [0.2, 0.25) is 0 Å². The Labute approximate surface area is 157 Å². The van der Waals surface area contributed by atoms with Gasteiger partial charge in [0.1, 0.15) is 6.17 Å². The molecule has 0 bridgehead atoms. The van der Waals surface area contributed by atoms with E-state index in [1.807, 2.05) is 61.5 Å². The van der Waals surface area contributed by atoms with E-state index in [2.05, 4.69) is 10.7 Å². The maximum atomic E-state index is 13.1. The van der Waals surface area contributed by atoms with Gasteiger partial charge in [-0.25, -0.2) is 5.01 Å². The van der Waals surface area contributed by atoms with Crippen molar-refractivity contribution >= 4 is 17.5 Å². The third kappa shape index (κ3) is 3.27. The van der Waals surface area contributed by atoms with Crippen LogP contribution in [0.5, 0.6) is 0 Å². The molecule has 0 fully saturated rings. The minimum Gasteiger partial charge on any atom is -0.359 e. The molecule has 2 N–H and O–H groups in total. The van der Waals surface area contributed by atoms with Crippen molar-refractivity contribution in [1.82, 2.24) is 10.4 Å². The van der Waals surface area contributed by atoms with Crippen molar-refractivity contribution in [3.05, 3.63) is 101 Å². The van der Waals surface area contributed by atoms with Gasteiger partial charge in [-0.3, -0.25) is 15.0 Å². The van der Waals surface area contributed by atoms with Gasteiger partial charge in [0, 0.05) is 11.3 Å². The Kier molecular flexibility index (Phi) is 4.34. The summed E-state index contributed by atoms with van der Waals surface area (Å²) < 4.78 is 0. The standard InChI is InChI=1S/C22H19N3O2/c1-15-11-13-17(14-12-15)21(26)24-25-20(16-7-3-2-4-8-16)23-19-10-6-5-9-18(19)22(25)27/h2-14,20,23H,1H3,(H,24,26). The molecule has 2 amide bonds. The first-order chi connectivity index (χ1) is 13.1. The van der Waals surface area contributed by atoms with Crippen LogP contribution in [0.1, 0.15) is 38.0 Å². The van der Waals surface area contributed by atoms with Crippen LogP contribution < -0.4 is 10.7 Å². The quantitative estimate of drug-likeness (QED) is 0.747. The molecule has 1 aliphatic rings. The van der Waals surface area contributed by atoms with Gasteiger partial charge in [0.25, 0.3) is 11.8 Å². The van der Waals surface area contributed by atoms with E-state index in [0.29, 0.717) is 11.1 Å². The van der Waals surface area contributed by atoms with E-state index in [0.717, 1.165) is 16.8 Å². The summed E-state index contributed by atoms with van der Waals surface area (Å²) in [7, 11) is 0. The van der Waals surface area contributed by atoms with Gasteiger partial charge >= 0.3 is 0 Å². The third-order valence-electron chi connectivity index (χ3n) is 4.58. The lowest BCUT2D eigenvalue weighted by atomic mass is 10.0. The fraction of sp³-hybridized carbons (Fsp3) is 0.0909. The highest BCUT2D eigenvalue weighted by molar-refractivity contribution is 6.03. The van der Waals surface area contributed by atoms with Gasteiger partial charge in [-0.05, 0) is 36.8 Å². The van der Waals surface area contributed by atoms with Crippen molar-refractivity contribution in [2.24, 2.45) is 0 Å². The number of hydrazine groups is 1. The van der Waals surface area contributed by atoms with E-state index in [-0.39, 0.29) is 11.8 Å². The fourth-order valence-corrected chi connectivity index (χ4v) is 3.12. The second-order valence-electron chi connectivity index (χ2n) is 6.49. The highest BCUT2D eigenvalue weighted by Crippen LogP contribution is 2.31. The molecule has 1 heterocycles. The van der Waals surface area contributed by atoms with Gasteiger partial charge in [-0.1, -0.05) is 60.2 Å². The van der Waals surface area contributed by atoms with E-state index in [4.69, 9.17) is 0 Å². The highest BCUT2D eigenvalue weighted by Gasteiger charge is 2.34. The maximum Gasteiger partial charge on any atom is 0.276 e. The maximum absolute atomic E-state index is 13.1. The average molecular weight is 357 g/mol. The first-order valence-corrected chi connectivity index (χ1v) is 8.75. The van der Waals surface area contributed by atoms with Crippen LogP contribution in [0.4, 0.5) is 5.69 Å². The molecule has 27 heavy (non-hydrogen) atoms. The molecule has 0 radical (unpaired) electrons. The molecule has 0 saturated carbocycles. The van der Waals surface area contributed by atoms with Crippen molar-refractivity contribution < 1.29 is 9.59 Å². The Morgan fingerprint density at radius 1 is 0.926 bits per heavy atom. The number of para-hydroxylation sites is 1. The molecule has 0 spiro atoms. The van der Waals surface area contributed by atoms with Crippen LogP contribution in [0.25, 0.3) is 0 Å². The van der Waals surface area contributed by atoms with E-state index in [1.165, 1.54) is 5.01 Å². The molecule has 3 aromatic carbocycles. The van der Waals surface area contributed by atoms with Crippen molar-refractivity contribution in [3.8, 4) is 0 Å². The van der Waals surface area contributed by atoms with Gasteiger partial charge in [-0.15, -0.1) is 0 Å². The van der Waals surface area contributed by atoms with Gasteiger partial charge in [-0.2, -0.15) is 0 Å². The number of rotatable bonds is 3. The second kappa shape index (κ2) is 6.96. The number of nitrogens with one attached hydrogen (secondary N) is 2. The van der Waals surface area contributed by atoms with Crippen molar-refractivity contribution in [2.45, 2.75) is 13.1 Å². The number of hydrogen-bond donors (Lipinski definition) is 2. The van der Waals surface area contributed by atoms with E-state index < -0.39 is 6.17 Å². The summed E-state index contributed by atoms with van der Waals surface area (Å²) >= 11 is 0. The number of nitrogens with zero attached hydrogens (tertiary/aromatic N) is 1. The van der Waals surface area contributed by atoms with Gasteiger partial charge in [0.05, 0.1) is 5.56 Å². The lowest BCUT2D eigenvalue weighted by Gasteiger charge is -2.37. The number of amides is 2. The van der Waals surface area contributed by atoms with Crippen LogP contribution in [0.15, 0.2) is 78.9 Å². The number of benzene rings is 3. The summed E-state index contributed by atoms with van der Waals surface area (Å²) in [6, 6.07) is 24.1. The van der Waals surface area contributed by atoms with Crippen LogP contribution in [0, 0.1) is 6.92 Å². The molecule has 0 aliphatic carbocycles. The smallest absolute Gasteiger partial charge is 0.276 e. The number of hydrogen-bond acceptors (Lipinski definition) is 3. The van der Waals surface area contributed by atoms with Crippen LogP contribution in [0.3, 0.4) is 0 Å². The molecule has 0 aromatic heterocycles. The van der Waals surface area contributed by atoms with E-state index in [9.17, 15) is 9.59 Å². The summed E-state index contributed by atoms with van der Waals surface area (Å²) in [5.74, 6) is -0.580. The van der Waals surface area contributed by atoms with Crippen LogP contribution in [0.2, 0.25) is 0 Å². The normalized spacial score (nSPS) is 15.7. The first-order valence-electron chi connectivity index (χ1n) is 8.75. The Morgan fingerprint density at radius 2 is 1.59 bits per heavy atom. The SMILES string of the molecule is Cc1ccc(C(=O)NN2C(=O)c3ccccc3NC2c2ccccc2)cc1. The van der Waals surface area contributed by atoms with Crippen molar-refractivity contribution in [3.63, 3.8) is 0 Å². The molecule has 5 nitrogen and oxygen atoms in total. The van der Waals surface area contributed by atoms with Crippen LogP contribution in [-0.2, 0) is 0 Å². The van der Waals surface area contributed by atoms with E-state index >= 15 is 0 Å². The van der Waals surface area contributed by atoms with Gasteiger partial charge < -0.3 is 5.32 Å². The van der Waals surface area contributed by atoms with E-state index in [1.54, 1.807) is 24.3 Å². The predicted molar refractivity (Wildman–Crippen MR) is 104 cm³/mol. The zero-order chi connectivity index (χ0) is 18.8. The summed E-state index contributed by atoms with van der Waals surface area (Å²) in [5.41, 5.74) is 6.49. The monoisotopic (exact) mass is 357 g/mol. The zero-order valence-electron chi connectivity index (χ0n) is 14.8. The Morgan fingerprint density at radius 3 is 2.33 bits per heavy atom. The number of carbonyl (C=O) groups is 2. The molecule has 5 heteroatoms. The molecule has 1 unspecified atom stereocenters. The number of carbonyl (C=O) groups excluding carboxylic acids is 2. The lowest BCUT2D eigenvalue weighted by molar-refractivity contribution is 0.0491. The second-order valence-corrected chi connectivity index (χ2v) is 6.49. The number of aryl methyl sites for hydroxylation is 1. The minimum atomic E-state index is -0.497. The summed E-state index contributed by atoms with van der Waals surface area (Å²) in [5, 5.41) is 4.71. The van der Waals surface area contributed by atoms with Crippen LogP contribution in [-0.4, -0.2) is 16.8 Å². The van der Waals surface area contributed by atoms with Gasteiger partial charge in [0.15, 0.2) is 0 Å². The highest BCUT2D eigenvalue weighted by atomic mass is 16.2. The average Bonchev–Trinajstić information content (AvgIpc) is 2.71.